The number of nitrogens with one attached hydrogen (secondary N) is 1. The second-order valence-electron chi connectivity index (χ2n) is 3.93. The van der Waals surface area contributed by atoms with Gasteiger partial charge in [0.2, 0.25) is 0 Å². The standard InChI is InChI=1S/C12H6BrClF3NO2S/c13-8-2-1-7(5-9(8)14)18-21(19,20)12-10(16)3-6(15)4-11(12)17/h1-5,18H. The highest BCUT2D eigenvalue weighted by Gasteiger charge is 2.25. The smallest absolute Gasteiger partial charge is 0.267 e. The predicted octanol–water partition coefficient (Wildman–Crippen LogP) is 4.32. The molecular weight excluding hydrogens is 395 g/mol. The summed E-state index contributed by atoms with van der Waals surface area (Å²) in [6.07, 6.45) is 0. The van der Waals surface area contributed by atoms with E-state index in [0.29, 0.717) is 4.47 Å². The lowest BCUT2D eigenvalue weighted by Crippen LogP contribution is -2.16. The minimum Gasteiger partial charge on any atom is -0.279 e. The zero-order valence-corrected chi connectivity index (χ0v) is 13.2. The molecule has 2 aromatic carbocycles. The van der Waals surface area contributed by atoms with Gasteiger partial charge < -0.3 is 0 Å². The zero-order chi connectivity index (χ0) is 15.8. The summed E-state index contributed by atoms with van der Waals surface area (Å²) in [6, 6.07) is 4.62. The van der Waals surface area contributed by atoms with Crippen LogP contribution in [0.25, 0.3) is 0 Å². The normalized spacial score (nSPS) is 11.5. The van der Waals surface area contributed by atoms with Crippen molar-refractivity contribution in [3.63, 3.8) is 0 Å². The van der Waals surface area contributed by atoms with Gasteiger partial charge in [-0.3, -0.25) is 4.72 Å². The van der Waals surface area contributed by atoms with Crippen LogP contribution in [0.5, 0.6) is 0 Å². The lowest BCUT2D eigenvalue weighted by molar-refractivity contribution is 0.498. The van der Waals surface area contributed by atoms with Gasteiger partial charge in [0.15, 0.2) is 4.90 Å². The fraction of sp³-hybridized carbons (Fsp3) is 0. The molecular formula is C12H6BrClF3NO2S. The van der Waals surface area contributed by atoms with Crippen LogP contribution in [0.2, 0.25) is 5.02 Å². The molecule has 1 N–H and O–H groups in total. The molecule has 0 radical (unpaired) electrons. The van der Waals surface area contributed by atoms with Crippen LogP contribution in [0, 0.1) is 17.5 Å². The molecule has 0 amide bonds. The quantitative estimate of drug-likeness (QED) is 0.834. The SMILES string of the molecule is O=S(=O)(Nc1ccc(Br)c(Cl)c1)c1c(F)cc(F)cc1F. The van der Waals surface area contributed by atoms with Crippen LogP contribution < -0.4 is 4.72 Å². The van der Waals surface area contributed by atoms with Gasteiger partial charge in [-0.1, -0.05) is 11.6 Å². The summed E-state index contributed by atoms with van der Waals surface area (Å²) in [5, 5.41) is 0.204. The second kappa shape index (κ2) is 5.86. The van der Waals surface area contributed by atoms with Crippen molar-refractivity contribution in [1.29, 1.82) is 0 Å². The Bertz CT molecular complexity index is 791. The molecule has 0 aliphatic heterocycles. The van der Waals surface area contributed by atoms with Crippen molar-refractivity contribution in [3.05, 3.63) is 57.3 Å². The van der Waals surface area contributed by atoms with Gasteiger partial charge in [-0.25, -0.2) is 21.6 Å². The highest BCUT2D eigenvalue weighted by atomic mass is 79.9. The zero-order valence-electron chi connectivity index (χ0n) is 10.0. The number of benzene rings is 2. The van der Waals surface area contributed by atoms with E-state index in [4.69, 9.17) is 11.6 Å². The van der Waals surface area contributed by atoms with E-state index in [1.165, 1.54) is 18.2 Å². The number of halogens is 5. The van der Waals surface area contributed by atoms with Crippen LogP contribution >= 0.6 is 27.5 Å². The Labute approximate surface area is 131 Å². The molecule has 0 saturated carbocycles. The summed E-state index contributed by atoms with van der Waals surface area (Å²) in [7, 11) is -4.56. The van der Waals surface area contributed by atoms with Crippen molar-refractivity contribution in [3.8, 4) is 0 Å². The van der Waals surface area contributed by atoms with Crippen molar-refractivity contribution >= 4 is 43.2 Å². The molecule has 0 aromatic heterocycles. The molecule has 3 nitrogen and oxygen atoms in total. The summed E-state index contributed by atoms with van der Waals surface area (Å²) < 4.78 is 66.3. The number of rotatable bonds is 3. The Morgan fingerprint density at radius 3 is 2.14 bits per heavy atom. The molecule has 0 heterocycles. The lowest BCUT2D eigenvalue weighted by atomic mass is 10.3. The third-order valence-electron chi connectivity index (χ3n) is 2.40. The van der Waals surface area contributed by atoms with E-state index in [1.807, 2.05) is 4.72 Å². The minimum absolute atomic E-state index is 0.00586. The van der Waals surface area contributed by atoms with E-state index >= 15 is 0 Å². The van der Waals surface area contributed by atoms with Crippen molar-refractivity contribution in [2.75, 3.05) is 4.72 Å². The minimum atomic E-state index is -4.56. The Morgan fingerprint density at radius 1 is 1.05 bits per heavy atom. The maximum Gasteiger partial charge on any atom is 0.267 e. The topological polar surface area (TPSA) is 46.2 Å². The Morgan fingerprint density at radius 2 is 1.62 bits per heavy atom. The maximum absolute atomic E-state index is 13.5. The van der Waals surface area contributed by atoms with Crippen molar-refractivity contribution < 1.29 is 21.6 Å². The molecule has 0 unspecified atom stereocenters. The van der Waals surface area contributed by atoms with Crippen LogP contribution in [0.3, 0.4) is 0 Å². The molecule has 112 valence electrons. The number of hydrogen-bond donors (Lipinski definition) is 1. The Balaban J connectivity index is 2.46. The van der Waals surface area contributed by atoms with Gasteiger partial charge in [0.25, 0.3) is 10.0 Å². The van der Waals surface area contributed by atoms with Gasteiger partial charge in [-0.05, 0) is 34.1 Å². The Hall–Kier alpha value is -1.25. The molecule has 0 bridgehead atoms. The van der Waals surface area contributed by atoms with Gasteiger partial charge >= 0.3 is 0 Å². The molecule has 0 fully saturated rings. The van der Waals surface area contributed by atoms with Gasteiger partial charge in [0.1, 0.15) is 17.5 Å². The van der Waals surface area contributed by atoms with E-state index in [-0.39, 0.29) is 22.8 Å². The van der Waals surface area contributed by atoms with E-state index in [0.717, 1.165) is 0 Å². The van der Waals surface area contributed by atoms with E-state index in [1.54, 1.807) is 0 Å². The first-order valence-electron chi connectivity index (χ1n) is 5.33. The lowest BCUT2D eigenvalue weighted by Gasteiger charge is -2.10. The average molecular weight is 401 g/mol. The van der Waals surface area contributed by atoms with Crippen LogP contribution in [0.4, 0.5) is 18.9 Å². The monoisotopic (exact) mass is 399 g/mol. The highest BCUT2D eigenvalue weighted by molar-refractivity contribution is 9.10. The molecule has 2 rings (SSSR count). The van der Waals surface area contributed by atoms with Crippen LogP contribution in [-0.2, 0) is 10.0 Å². The van der Waals surface area contributed by atoms with E-state index in [9.17, 15) is 21.6 Å². The first-order valence-corrected chi connectivity index (χ1v) is 7.98. The fourth-order valence-corrected chi connectivity index (χ4v) is 3.15. The summed E-state index contributed by atoms with van der Waals surface area (Å²) in [5.41, 5.74) is 0.00586. The number of anilines is 1. The Kier molecular flexibility index (Phi) is 4.50. The largest absolute Gasteiger partial charge is 0.279 e. The third kappa shape index (κ3) is 3.50. The van der Waals surface area contributed by atoms with E-state index in [2.05, 4.69) is 15.9 Å². The first kappa shape index (κ1) is 16.1. The molecule has 9 heteroatoms. The fourth-order valence-electron chi connectivity index (χ4n) is 1.55. The molecule has 0 aliphatic rings. The highest BCUT2D eigenvalue weighted by Crippen LogP contribution is 2.28. The van der Waals surface area contributed by atoms with Gasteiger partial charge in [-0.15, -0.1) is 0 Å². The number of sulfonamides is 1. The third-order valence-corrected chi connectivity index (χ3v) is 5.07. The predicted molar refractivity (Wildman–Crippen MR) is 76.3 cm³/mol. The molecule has 0 spiro atoms. The van der Waals surface area contributed by atoms with E-state index < -0.39 is 32.4 Å². The second-order valence-corrected chi connectivity index (χ2v) is 6.81. The summed E-state index contributed by atoms with van der Waals surface area (Å²) in [4.78, 5) is -1.26. The van der Waals surface area contributed by atoms with Crippen LogP contribution in [0.1, 0.15) is 0 Å². The maximum atomic E-state index is 13.5. The van der Waals surface area contributed by atoms with Crippen molar-refractivity contribution in [1.82, 2.24) is 0 Å². The molecule has 21 heavy (non-hydrogen) atoms. The van der Waals surface area contributed by atoms with Gasteiger partial charge in [0.05, 0.1) is 10.7 Å². The summed E-state index contributed by atoms with van der Waals surface area (Å²) >= 11 is 8.91. The van der Waals surface area contributed by atoms with Crippen LogP contribution in [0.15, 0.2) is 39.7 Å². The van der Waals surface area contributed by atoms with Gasteiger partial charge in [-0.2, -0.15) is 0 Å². The number of hydrogen-bond acceptors (Lipinski definition) is 2. The molecule has 0 aliphatic carbocycles. The average Bonchev–Trinajstić information content (AvgIpc) is 2.31. The molecule has 0 atom stereocenters. The first-order chi connectivity index (χ1) is 9.70. The summed E-state index contributed by atoms with van der Waals surface area (Å²) in [5.74, 6) is -4.26. The van der Waals surface area contributed by atoms with Crippen molar-refractivity contribution in [2.24, 2.45) is 0 Å². The summed E-state index contributed by atoms with van der Waals surface area (Å²) in [6.45, 7) is 0. The van der Waals surface area contributed by atoms with Crippen LogP contribution in [-0.4, -0.2) is 8.42 Å². The molecule has 2 aromatic rings. The van der Waals surface area contributed by atoms with Crippen molar-refractivity contribution in [2.45, 2.75) is 4.90 Å². The van der Waals surface area contributed by atoms with Gasteiger partial charge in [0, 0.05) is 16.6 Å². The molecule has 0 saturated heterocycles.